The highest BCUT2D eigenvalue weighted by molar-refractivity contribution is 6.30. The first-order valence-electron chi connectivity index (χ1n) is 6.46. The molecule has 0 saturated heterocycles. The van der Waals surface area contributed by atoms with Gasteiger partial charge in [0, 0.05) is 16.8 Å². The molecule has 0 amide bonds. The van der Waals surface area contributed by atoms with Crippen molar-refractivity contribution < 1.29 is 19.0 Å². The molecule has 0 spiro atoms. The third-order valence-electron chi connectivity index (χ3n) is 3.30. The molecular weight excluding hydrogens is 311 g/mol. The van der Waals surface area contributed by atoms with Crippen molar-refractivity contribution in [2.45, 2.75) is 19.8 Å². The van der Waals surface area contributed by atoms with Crippen LogP contribution in [0.3, 0.4) is 0 Å². The van der Waals surface area contributed by atoms with Gasteiger partial charge in [-0.15, -0.1) is 0 Å². The van der Waals surface area contributed by atoms with E-state index < -0.39 is 17.7 Å². The summed E-state index contributed by atoms with van der Waals surface area (Å²) in [6.07, 6.45) is 0. The van der Waals surface area contributed by atoms with Crippen molar-refractivity contribution >= 4 is 17.6 Å². The van der Waals surface area contributed by atoms with E-state index >= 15 is 0 Å². The minimum absolute atomic E-state index is 0.0497. The molecule has 1 aromatic heterocycles. The van der Waals surface area contributed by atoms with E-state index in [1.807, 2.05) is 0 Å². The van der Waals surface area contributed by atoms with Crippen molar-refractivity contribution in [1.82, 2.24) is 9.97 Å². The van der Waals surface area contributed by atoms with Gasteiger partial charge in [-0.3, -0.25) is 4.79 Å². The van der Waals surface area contributed by atoms with Gasteiger partial charge >= 0.3 is 5.97 Å². The standard InChI is InChI=1S/C15H14ClFN2O3/c1-7(15(20)21)12-8(2)18-14(19-13(12)16)9-4-5-11(22-3)10(17)6-9/h4-7H,1-3H3,(H,20,21). The SMILES string of the molecule is COc1ccc(-c2nc(C)c(C(C)C(=O)O)c(Cl)n2)cc1F. The van der Waals surface area contributed by atoms with Gasteiger partial charge in [-0.05, 0) is 32.0 Å². The van der Waals surface area contributed by atoms with Gasteiger partial charge in [0.2, 0.25) is 0 Å². The summed E-state index contributed by atoms with van der Waals surface area (Å²) in [7, 11) is 1.37. The summed E-state index contributed by atoms with van der Waals surface area (Å²) >= 11 is 6.09. The lowest BCUT2D eigenvalue weighted by molar-refractivity contribution is -0.138. The molecular formula is C15H14ClFN2O3. The quantitative estimate of drug-likeness (QED) is 0.872. The predicted octanol–water partition coefficient (Wildman–Crippen LogP) is 3.44. The van der Waals surface area contributed by atoms with E-state index in [1.165, 1.54) is 26.2 Å². The molecule has 22 heavy (non-hydrogen) atoms. The molecule has 1 N–H and O–H groups in total. The Kier molecular flexibility index (Phi) is 4.61. The van der Waals surface area contributed by atoms with Crippen LogP contribution in [-0.2, 0) is 4.79 Å². The second-order valence-corrected chi connectivity index (χ2v) is 5.10. The van der Waals surface area contributed by atoms with Crippen LogP contribution in [0.2, 0.25) is 5.15 Å². The van der Waals surface area contributed by atoms with Crippen LogP contribution in [0.1, 0.15) is 24.1 Å². The Morgan fingerprint density at radius 1 is 1.41 bits per heavy atom. The van der Waals surface area contributed by atoms with Gasteiger partial charge < -0.3 is 9.84 Å². The van der Waals surface area contributed by atoms with Crippen LogP contribution in [0, 0.1) is 12.7 Å². The first-order chi connectivity index (χ1) is 10.3. The fourth-order valence-electron chi connectivity index (χ4n) is 2.10. The maximum atomic E-state index is 13.8. The average Bonchev–Trinajstić information content (AvgIpc) is 2.46. The fraction of sp³-hybridized carbons (Fsp3) is 0.267. The van der Waals surface area contributed by atoms with E-state index in [4.69, 9.17) is 21.4 Å². The Morgan fingerprint density at radius 3 is 2.59 bits per heavy atom. The van der Waals surface area contributed by atoms with Gasteiger partial charge in [0.25, 0.3) is 0 Å². The maximum absolute atomic E-state index is 13.8. The van der Waals surface area contributed by atoms with Crippen molar-refractivity contribution in [3.8, 4) is 17.1 Å². The third kappa shape index (κ3) is 3.01. The van der Waals surface area contributed by atoms with Crippen LogP contribution in [0.15, 0.2) is 18.2 Å². The number of hydrogen-bond donors (Lipinski definition) is 1. The number of carboxylic acids is 1. The molecule has 0 saturated carbocycles. The zero-order valence-corrected chi connectivity index (χ0v) is 13.0. The third-order valence-corrected chi connectivity index (χ3v) is 3.59. The van der Waals surface area contributed by atoms with Crippen LogP contribution < -0.4 is 4.74 Å². The second kappa shape index (κ2) is 6.27. The Balaban J connectivity index is 2.51. The van der Waals surface area contributed by atoms with Gasteiger partial charge in [0.05, 0.1) is 13.0 Å². The summed E-state index contributed by atoms with van der Waals surface area (Å²) in [5.74, 6) is -2.04. The van der Waals surface area contributed by atoms with Crippen LogP contribution in [0.4, 0.5) is 4.39 Å². The molecule has 0 bridgehead atoms. The zero-order valence-electron chi connectivity index (χ0n) is 12.2. The molecule has 1 aromatic carbocycles. The molecule has 7 heteroatoms. The Morgan fingerprint density at radius 2 is 2.09 bits per heavy atom. The lowest BCUT2D eigenvalue weighted by Crippen LogP contribution is -2.12. The highest BCUT2D eigenvalue weighted by Gasteiger charge is 2.22. The topological polar surface area (TPSA) is 72.3 Å². The lowest BCUT2D eigenvalue weighted by Gasteiger charge is -2.13. The number of benzene rings is 1. The average molecular weight is 325 g/mol. The normalized spacial score (nSPS) is 12.0. The summed E-state index contributed by atoms with van der Waals surface area (Å²) in [5, 5.41) is 9.14. The number of halogens is 2. The molecule has 1 atom stereocenters. The molecule has 0 aliphatic carbocycles. The van der Waals surface area contributed by atoms with Crippen molar-refractivity contribution in [3.05, 3.63) is 40.4 Å². The number of methoxy groups -OCH3 is 1. The Hall–Kier alpha value is -2.21. The molecule has 2 aromatic rings. The maximum Gasteiger partial charge on any atom is 0.310 e. The van der Waals surface area contributed by atoms with Crippen LogP contribution in [0.25, 0.3) is 11.4 Å². The van der Waals surface area contributed by atoms with Gasteiger partial charge in [0.15, 0.2) is 17.4 Å². The number of hydrogen-bond acceptors (Lipinski definition) is 4. The number of aliphatic carboxylic acids is 1. The van der Waals surface area contributed by atoms with E-state index in [0.29, 0.717) is 16.8 Å². The number of ether oxygens (including phenoxy) is 1. The Labute approximate surface area is 131 Å². The summed E-state index contributed by atoms with van der Waals surface area (Å²) in [4.78, 5) is 19.4. The lowest BCUT2D eigenvalue weighted by atomic mass is 10.0. The number of carboxylic acid groups (broad SMARTS) is 1. The number of carbonyl (C=O) groups is 1. The minimum Gasteiger partial charge on any atom is -0.494 e. The van der Waals surface area contributed by atoms with Gasteiger partial charge in [-0.1, -0.05) is 11.6 Å². The second-order valence-electron chi connectivity index (χ2n) is 4.75. The van der Waals surface area contributed by atoms with Crippen LogP contribution >= 0.6 is 11.6 Å². The summed E-state index contributed by atoms with van der Waals surface area (Å²) in [6, 6.07) is 4.31. The molecule has 0 radical (unpaired) electrons. The minimum atomic E-state index is -1.02. The molecule has 2 rings (SSSR count). The Bertz CT molecular complexity index is 714. The fourth-order valence-corrected chi connectivity index (χ4v) is 2.48. The summed E-state index contributed by atoms with van der Waals surface area (Å²) in [6.45, 7) is 3.15. The number of aryl methyl sites for hydroxylation is 1. The number of nitrogens with zero attached hydrogens (tertiary/aromatic N) is 2. The van der Waals surface area contributed by atoms with E-state index in [0.717, 1.165) is 0 Å². The van der Waals surface area contributed by atoms with Gasteiger partial charge in [-0.2, -0.15) is 0 Å². The summed E-state index contributed by atoms with van der Waals surface area (Å²) in [5.41, 5.74) is 1.23. The molecule has 116 valence electrons. The molecule has 0 aliphatic rings. The molecule has 5 nitrogen and oxygen atoms in total. The molecule has 1 unspecified atom stereocenters. The van der Waals surface area contributed by atoms with E-state index in [1.54, 1.807) is 13.0 Å². The van der Waals surface area contributed by atoms with Crippen LogP contribution in [0.5, 0.6) is 5.75 Å². The van der Waals surface area contributed by atoms with Gasteiger partial charge in [-0.25, -0.2) is 14.4 Å². The smallest absolute Gasteiger partial charge is 0.310 e. The van der Waals surface area contributed by atoms with E-state index in [-0.39, 0.29) is 16.7 Å². The number of aromatic nitrogens is 2. The van der Waals surface area contributed by atoms with Crippen molar-refractivity contribution in [1.29, 1.82) is 0 Å². The first kappa shape index (κ1) is 16.2. The van der Waals surface area contributed by atoms with Crippen molar-refractivity contribution in [2.24, 2.45) is 0 Å². The van der Waals surface area contributed by atoms with Crippen molar-refractivity contribution in [2.75, 3.05) is 7.11 Å². The van der Waals surface area contributed by atoms with Gasteiger partial charge in [0.1, 0.15) is 5.15 Å². The molecule has 1 heterocycles. The monoisotopic (exact) mass is 324 g/mol. The predicted molar refractivity (Wildman–Crippen MR) is 79.8 cm³/mol. The zero-order chi connectivity index (χ0) is 16.4. The first-order valence-corrected chi connectivity index (χ1v) is 6.83. The van der Waals surface area contributed by atoms with E-state index in [2.05, 4.69) is 9.97 Å². The molecule has 0 aliphatic heterocycles. The highest BCUT2D eigenvalue weighted by atomic mass is 35.5. The molecule has 0 fully saturated rings. The van der Waals surface area contributed by atoms with Crippen molar-refractivity contribution in [3.63, 3.8) is 0 Å². The number of rotatable bonds is 4. The van der Waals surface area contributed by atoms with E-state index in [9.17, 15) is 9.18 Å². The van der Waals surface area contributed by atoms with Crippen LogP contribution in [-0.4, -0.2) is 28.2 Å². The largest absolute Gasteiger partial charge is 0.494 e. The summed E-state index contributed by atoms with van der Waals surface area (Å²) < 4.78 is 18.6. The highest BCUT2D eigenvalue weighted by Crippen LogP contribution is 2.29.